The van der Waals surface area contributed by atoms with Gasteiger partial charge in [0.2, 0.25) is 0 Å². The standard InChI is InChI=1S/C27H23BrN2O4/c1-3-18-7-10-21(11-8-18)30-26(32)22(25(31)29-27(30)33)14-19-9-12-24(23(28)15-19)34-16-20-6-4-5-17(2)13-20/h4-15H,3,16H2,1-2H3,(H,29,31,33)/b22-14-. The Balaban J connectivity index is 1.55. The van der Waals surface area contributed by atoms with Crippen LogP contribution in [0.15, 0.2) is 76.8 Å². The summed E-state index contributed by atoms with van der Waals surface area (Å²) < 4.78 is 6.59. The first kappa shape index (κ1) is 23.4. The van der Waals surface area contributed by atoms with E-state index in [0.29, 0.717) is 28.1 Å². The van der Waals surface area contributed by atoms with Crippen molar-refractivity contribution >= 4 is 45.5 Å². The first-order valence-corrected chi connectivity index (χ1v) is 11.6. The fourth-order valence-electron chi connectivity index (χ4n) is 3.63. The molecule has 0 radical (unpaired) electrons. The number of rotatable bonds is 6. The lowest BCUT2D eigenvalue weighted by atomic mass is 10.1. The molecule has 0 aliphatic carbocycles. The molecule has 34 heavy (non-hydrogen) atoms. The number of carbonyl (C=O) groups is 3. The molecule has 3 aromatic rings. The first-order chi connectivity index (χ1) is 16.4. The summed E-state index contributed by atoms with van der Waals surface area (Å²) in [5, 5.41) is 2.25. The van der Waals surface area contributed by atoms with E-state index in [1.165, 1.54) is 6.08 Å². The SMILES string of the molecule is CCc1ccc(N2C(=O)NC(=O)/C(=C/c3ccc(OCc4cccc(C)c4)c(Br)c3)C2=O)cc1. The molecule has 0 saturated carbocycles. The average molecular weight is 519 g/mol. The van der Waals surface area contributed by atoms with Gasteiger partial charge in [-0.3, -0.25) is 14.9 Å². The number of anilines is 1. The predicted octanol–water partition coefficient (Wildman–Crippen LogP) is 5.57. The van der Waals surface area contributed by atoms with Crippen LogP contribution in [0, 0.1) is 6.92 Å². The van der Waals surface area contributed by atoms with Crippen LogP contribution in [0.4, 0.5) is 10.5 Å². The summed E-state index contributed by atoms with van der Waals surface area (Å²) in [6.07, 6.45) is 2.30. The van der Waals surface area contributed by atoms with E-state index in [0.717, 1.165) is 28.0 Å². The van der Waals surface area contributed by atoms with Gasteiger partial charge in [-0.15, -0.1) is 0 Å². The van der Waals surface area contributed by atoms with Gasteiger partial charge in [0, 0.05) is 0 Å². The number of amides is 4. The molecule has 1 heterocycles. The second-order valence-electron chi connectivity index (χ2n) is 7.95. The first-order valence-electron chi connectivity index (χ1n) is 10.8. The van der Waals surface area contributed by atoms with E-state index < -0.39 is 17.8 Å². The van der Waals surface area contributed by atoms with Gasteiger partial charge in [0.1, 0.15) is 17.9 Å². The van der Waals surface area contributed by atoms with Crippen molar-refractivity contribution in [3.05, 3.63) is 99.0 Å². The van der Waals surface area contributed by atoms with Crippen LogP contribution in [0.25, 0.3) is 6.08 Å². The lowest BCUT2D eigenvalue weighted by molar-refractivity contribution is -0.122. The van der Waals surface area contributed by atoms with Crippen LogP contribution in [-0.2, 0) is 22.6 Å². The highest BCUT2D eigenvalue weighted by molar-refractivity contribution is 9.10. The lowest BCUT2D eigenvalue weighted by Crippen LogP contribution is -2.54. The number of nitrogens with one attached hydrogen (secondary N) is 1. The third kappa shape index (κ3) is 5.10. The van der Waals surface area contributed by atoms with E-state index in [2.05, 4.69) is 27.3 Å². The lowest BCUT2D eigenvalue weighted by Gasteiger charge is -2.26. The second kappa shape index (κ2) is 10.1. The molecule has 0 aromatic heterocycles. The van der Waals surface area contributed by atoms with Crippen LogP contribution in [0.1, 0.15) is 29.2 Å². The maximum atomic E-state index is 13.1. The van der Waals surface area contributed by atoms with E-state index in [-0.39, 0.29) is 5.57 Å². The molecular weight excluding hydrogens is 496 g/mol. The molecule has 0 atom stereocenters. The Kier molecular flexibility index (Phi) is 6.93. The van der Waals surface area contributed by atoms with Gasteiger partial charge in [0.05, 0.1) is 10.2 Å². The molecule has 0 unspecified atom stereocenters. The Morgan fingerprint density at radius 3 is 2.41 bits per heavy atom. The molecule has 1 aliphatic heterocycles. The van der Waals surface area contributed by atoms with E-state index in [1.54, 1.807) is 30.3 Å². The monoisotopic (exact) mass is 518 g/mol. The van der Waals surface area contributed by atoms with Gasteiger partial charge in [0.25, 0.3) is 11.8 Å². The molecule has 0 bridgehead atoms. The predicted molar refractivity (Wildman–Crippen MR) is 134 cm³/mol. The zero-order valence-corrected chi connectivity index (χ0v) is 20.4. The summed E-state index contributed by atoms with van der Waals surface area (Å²) in [4.78, 5) is 38.9. The number of benzene rings is 3. The molecule has 4 amide bonds. The van der Waals surface area contributed by atoms with E-state index >= 15 is 0 Å². The third-order valence-corrected chi connectivity index (χ3v) is 6.07. The minimum atomic E-state index is -0.766. The maximum absolute atomic E-state index is 13.1. The topological polar surface area (TPSA) is 75.7 Å². The van der Waals surface area contributed by atoms with Crippen LogP contribution < -0.4 is 15.0 Å². The number of hydrogen-bond acceptors (Lipinski definition) is 4. The van der Waals surface area contributed by atoms with Gasteiger partial charge in [-0.1, -0.05) is 55.0 Å². The number of imide groups is 2. The Labute approximate surface area is 206 Å². The molecule has 1 fully saturated rings. The number of ether oxygens (including phenoxy) is 1. The van der Waals surface area contributed by atoms with E-state index in [1.807, 2.05) is 44.2 Å². The number of aryl methyl sites for hydroxylation is 2. The van der Waals surface area contributed by atoms with Crippen molar-refractivity contribution in [2.75, 3.05) is 4.90 Å². The van der Waals surface area contributed by atoms with Crippen molar-refractivity contribution in [1.29, 1.82) is 0 Å². The minimum Gasteiger partial charge on any atom is -0.488 e. The molecule has 7 heteroatoms. The number of barbiturate groups is 1. The maximum Gasteiger partial charge on any atom is 0.335 e. The fraction of sp³-hybridized carbons (Fsp3) is 0.148. The van der Waals surface area contributed by atoms with Crippen LogP contribution in [0.3, 0.4) is 0 Å². The highest BCUT2D eigenvalue weighted by Gasteiger charge is 2.36. The molecule has 172 valence electrons. The quantitative estimate of drug-likeness (QED) is 0.342. The zero-order valence-electron chi connectivity index (χ0n) is 18.8. The highest BCUT2D eigenvalue weighted by atomic mass is 79.9. The van der Waals surface area contributed by atoms with Crippen molar-refractivity contribution in [2.24, 2.45) is 0 Å². The third-order valence-electron chi connectivity index (χ3n) is 5.45. The Morgan fingerprint density at radius 2 is 1.74 bits per heavy atom. The number of carbonyl (C=O) groups excluding carboxylic acids is 3. The van der Waals surface area contributed by atoms with Gasteiger partial charge < -0.3 is 4.74 Å². The van der Waals surface area contributed by atoms with Crippen LogP contribution >= 0.6 is 15.9 Å². The highest BCUT2D eigenvalue weighted by Crippen LogP contribution is 2.29. The molecule has 1 N–H and O–H groups in total. The Bertz CT molecular complexity index is 1300. The Morgan fingerprint density at radius 1 is 0.971 bits per heavy atom. The van der Waals surface area contributed by atoms with Crippen LogP contribution in [0.2, 0.25) is 0 Å². The van der Waals surface area contributed by atoms with E-state index in [4.69, 9.17) is 4.74 Å². The summed E-state index contributed by atoms with van der Waals surface area (Å²) in [6.45, 7) is 4.46. The van der Waals surface area contributed by atoms with Crippen molar-refractivity contribution < 1.29 is 19.1 Å². The molecule has 3 aromatic carbocycles. The molecule has 0 spiro atoms. The van der Waals surface area contributed by atoms with Crippen LogP contribution in [-0.4, -0.2) is 17.8 Å². The summed E-state index contributed by atoms with van der Waals surface area (Å²) in [5.41, 5.74) is 4.18. The van der Waals surface area contributed by atoms with Crippen molar-refractivity contribution in [1.82, 2.24) is 5.32 Å². The van der Waals surface area contributed by atoms with Gasteiger partial charge in [-0.25, -0.2) is 9.69 Å². The molecular formula is C27H23BrN2O4. The van der Waals surface area contributed by atoms with E-state index in [9.17, 15) is 14.4 Å². The minimum absolute atomic E-state index is 0.125. The van der Waals surface area contributed by atoms with Crippen molar-refractivity contribution in [2.45, 2.75) is 26.9 Å². The molecule has 1 aliphatic rings. The normalized spacial score (nSPS) is 15.0. The summed E-state index contributed by atoms with van der Waals surface area (Å²) in [6, 6.07) is 19.7. The number of hydrogen-bond donors (Lipinski definition) is 1. The molecule has 1 saturated heterocycles. The molecule has 6 nitrogen and oxygen atoms in total. The van der Waals surface area contributed by atoms with Crippen molar-refractivity contribution in [3.8, 4) is 5.75 Å². The second-order valence-corrected chi connectivity index (χ2v) is 8.80. The number of halogens is 1. The zero-order chi connectivity index (χ0) is 24.2. The molecule has 4 rings (SSSR count). The number of nitrogens with zero attached hydrogens (tertiary/aromatic N) is 1. The van der Waals surface area contributed by atoms with Gasteiger partial charge >= 0.3 is 6.03 Å². The Hall–Kier alpha value is -3.71. The van der Waals surface area contributed by atoms with Crippen molar-refractivity contribution in [3.63, 3.8) is 0 Å². The fourth-order valence-corrected chi connectivity index (χ4v) is 4.14. The summed E-state index contributed by atoms with van der Waals surface area (Å²) in [7, 11) is 0. The van der Waals surface area contributed by atoms with Gasteiger partial charge in [-0.2, -0.15) is 0 Å². The van der Waals surface area contributed by atoms with Gasteiger partial charge in [0.15, 0.2) is 0 Å². The summed E-state index contributed by atoms with van der Waals surface area (Å²) in [5.74, 6) is -0.767. The largest absolute Gasteiger partial charge is 0.488 e. The average Bonchev–Trinajstić information content (AvgIpc) is 2.81. The number of urea groups is 1. The summed E-state index contributed by atoms with van der Waals surface area (Å²) >= 11 is 3.50. The smallest absolute Gasteiger partial charge is 0.335 e. The van der Waals surface area contributed by atoms with Crippen LogP contribution in [0.5, 0.6) is 5.75 Å². The van der Waals surface area contributed by atoms with Gasteiger partial charge in [-0.05, 0) is 76.3 Å².